The van der Waals surface area contributed by atoms with Crippen molar-refractivity contribution < 1.29 is 14.4 Å². The molecule has 5 nitrogen and oxygen atoms in total. The van der Waals surface area contributed by atoms with Crippen LogP contribution in [0.3, 0.4) is 0 Å². The van der Waals surface area contributed by atoms with E-state index in [-0.39, 0.29) is 29.6 Å². The predicted octanol–water partition coefficient (Wildman–Crippen LogP) is 2.60. The summed E-state index contributed by atoms with van der Waals surface area (Å²) in [5.74, 6) is -0.509. The van der Waals surface area contributed by atoms with Crippen molar-refractivity contribution in [2.45, 2.75) is 38.5 Å². The van der Waals surface area contributed by atoms with Gasteiger partial charge in [-0.25, -0.2) is 0 Å². The summed E-state index contributed by atoms with van der Waals surface area (Å²) >= 11 is 0. The van der Waals surface area contributed by atoms with Gasteiger partial charge in [0, 0.05) is 18.7 Å². The second-order valence-corrected chi connectivity index (χ2v) is 7.06. The van der Waals surface area contributed by atoms with Crippen LogP contribution in [-0.2, 0) is 9.59 Å². The summed E-state index contributed by atoms with van der Waals surface area (Å²) in [6.45, 7) is 1.57. The Labute approximate surface area is 141 Å². The first kappa shape index (κ1) is 15.4. The number of fused-ring (bicyclic) bond motifs is 1. The van der Waals surface area contributed by atoms with Crippen molar-refractivity contribution in [2.24, 2.45) is 11.8 Å². The summed E-state index contributed by atoms with van der Waals surface area (Å²) in [5, 5.41) is 0. The number of likely N-dealkylation sites (tertiary alicyclic amines) is 1. The van der Waals surface area contributed by atoms with E-state index in [1.165, 1.54) is 4.90 Å². The van der Waals surface area contributed by atoms with Gasteiger partial charge in [-0.2, -0.15) is 0 Å². The normalized spacial score (nSPS) is 26.8. The summed E-state index contributed by atoms with van der Waals surface area (Å²) in [6, 6.07) is 6.99. The first-order valence-corrected chi connectivity index (χ1v) is 8.94. The van der Waals surface area contributed by atoms with Crippen molar-refractivity contribution >= 4 is 23.4 Å². The van der Waals surface area contributed by atoms with Gasteiger partial charge in [0.2, 0.25) is 11.8 Å². The highest BCUT2D eigenvalue weighted by Gasteiger charge is 2.48. The zero-order chi connectivity index (χ0) is 16.7. The molecule has 24 heavy (non-hydrogen) atoms. The molecule has 0 radical (unpaired) electrons. The monoisotopic (exact) mass is 326 g/mol. The maximum absolute atomic E-state index is 12.7. The van der Waals surface area contributed by atoms with Crippen molar-refractivity contribution in [1.82, 2.24) is 4.90 Å². The Hall–Kier alpha value is -2.17. The fourth-order valence-electron chi connectivity index (χ4n) is 4.30. The maximum atomic E-state index is 12.7. The maximum Gasteiger partial charge on any atom is 0.253 e. The Morgan fingerprint density at radius 3 is 2.17 bits per heavy atom. The average molecular weight is 326 g/mol. The number of benzene rings is 1. The van der Waals surface area contributed by atoms with Crippen molar-refractivity contribution in [3.63, 3.8) is 0 Å². The van der Waals surface area contributed by atoms with Crippen LogP contribution in [0.5, 0.6) is 0 Å². The topological polar surface area (TPSA) is 57.7 Å². The van der Waals surface area contributed by atoms with E-state index in [2.05, 4.69) is 0 Å². The van der Waals surface area contributed by atoms with Crippen molar-refractivity contribution in [3.8, 4) is 0 Å². The molecule has 0 aromatic heterocycles. The molecule has 1 aromatic rings. The number of anilines is 1. The highest BCUT2D eigenvalue weighted by atomic mass is 16.2. The largest absolute Gasteiger partial charge is 0.339 e. The molecule has 1 aliphatic carbocycles. The zero-order valence-electron chi connectivity index (χ0n) is 13.7. The minimum absolute atomic E-state index is 0.00846. The van der Waals surface area contributed by atoms with Gasteiger partial charge in [-0.05, 0) is 43.9 Å². The smallest absolute Gasteiger partial charge is 0.253 e. The molecule has 1 saturated carbocycles. The number of hydrogen-bond acceptors (Lipinski definition) is 3. The van der Waals surface area contributed by atoms with Crippen LogP contribution in [0.4, 0.5) is 5.69 Å². The van der Waals surface area contributed by atoms with Crippen molar-refractivity contribution in [1.29, 1.82) is 0 Å². The molecule has 5 heteroatoms. The van der Waals surface area contributed by atoms with Crippen LogP contribution in [0.2, 0.25) is 0 Å². The van der Waals surface area contributed by atoms with E-state index < -0.39 is 0 Å². The van der Waals surface area contributed by atoms with E-state index in [9.17, 15) is 14.4 Å². The Kier molecular flexibility index (Phi) is 3.87. The summed E-state index contributed by atoms with van der Waals surface area (Å²) in [5.41, 5.74) is 1.11. The van der Waals surface area contributed by atoms with E-state index in [0.29, 0.717) is 11.3 Å². The Morgan fingerprint density at radius 2 is 1.54 bits per heavy atom. The van der Waals surface area contributed by atoms with Crippen molar-refractivity contribution in [2.75, 3.05) is 18.0 Å². The summed E-state index contributed by atoms with van der Waals surface area (Å²) < 4.78 is 0. The number of hydrogen-bond donors (Lipinski definition) is 0. The lowest BCUT2D eigenvalue weighted by atomic mass is 9.81. The number of amides is 3. The van der Waals surface area contributed by atoms with Gasteiger partial charge >= 0.3 is 0 Å². The Morgan fingerprint density at radius 1 is 0.917 bits per heavy atom. The number of nitrogens with zero attached hydrogens (tertiary/aromatic N) is 2. The highest BCUT2D eigenvalue weighted by Crippen LogP contribution is 2.40. The number of carbonyl (C=O) groups excluding carboxylic acids is 3. The molecule has 3 amide bonds. The lowest BCUT2D eigenvalue weighted by Gasteiger charge is -2.19. The molecule has 2 heterocycles. The van der Waals surface area contributed by atoms with Gasteiger partial charge in [0.25, 0.3) is 5.91 Å². The second-order valence-electron chi connectivity index (χ2n) is 7.06. The molecule has 3 fully saturated rings. The van der Waals surface area contributed by atoms with Gasteiger partial charge in [0.15, 0.2) is 0 Å². The standard InChI is InChI=1S/C19H22N2O3/c22-17(20-10-3-4-11-20)13-6-5-7-14(12-13)21-18(23)15-8-1-2-9-16(15)19(21)24/h5-7,12,15-16H,1-4,8-11H2. The van der Waals surface area contributed by atoms with E-state index in [1.807, 2.05) is 4.90 Å². The summed E-state index contributed by atoms with van der Waals surface area (Å²) in [6.07, 6.45) is 5.72. The number of carbonyl (C=O) groups is 3. The molecule has 3 aliphatic rings. The second kappa shape index (κ2) is 6.04. The van der Waals surface area contributed by atoms with E-state index in [1.54, 1.807) is 24.3 Å². The zero-order valence-corrected chi connectivity index (χ0v) is 13.7. The van der Waals surface area contributed by atoms with Gasteiger partial charge in [0.05, 0.1) is 17.5 Å². The van der Waals surface area contributed by atoms with Gasteiger partial charge in [-0.3, -0.25) is 19.3 Å². The first-order valence-electron chi connectivity index (χ1n) is 8.94. The molecule has 0 N–H and O–H groups in total. The molecule has 0 bridgehead atoms. The van der Waals surface area contributed by atoms with Crippen LogP contribution in [0, 0.1) is 11.8 Å². The van der Waals surface area contributed by atoms with Gasteiger partial charge in [-0.1, -0.05) is 18.9 Å². The third kappa shape index (κ3) is 2.43. The quantitative estimate of drug-likeness (QED) is 0.785. The third-order valence-electron chi connectivity index (χ3n) is 5.59. The fraction of sp³-hybridized carbons (Fsp3) is 0.526. The Bertz CT molecular complexity index is 670. The van der Waals surface area contributed by atoms with Gasteiger partial charge in [0.1, 0.15) is 0 Å². The Balaban J connectivity index is 1.62. The third-order valence-corrected chi connectivity index (χ3v) is 5.59. The SMILES string of the molecule is O=C(c1cccc(N2C(=O)C3CCCCC3C2=O)c1)N1CCCC1. The fourth-order valence-corrected chi connectivity index (χ4v) is 4.30. The van der Waals surface area contributed by atoms with Crippen LogP contribution in [0.1, 0.15) is 48.9 Å². The highest BCUT2D eigenvalue weighted by molar-refractivity contribution is 6.22. The molecule has 1 aromatic carbocycles. The van der Waals surface area contributed by atoms with Crippen LogP contribution in [0.25, 0.3) is 0 Å². The number of rotatable bonds is 2. The molecule has 2 saturated heterocycles. The molecule has 2 unspecified atom stereocenters. The average Bonchev–Trinajstić information content (AvgIpc) is 3.23. The minimum Gasteiger partial charge on any atom is -0.339 e. The molecule has 126 valence electrons. The van der Waals surface area contributed by atoms with Gasteiger partial charge < -0.3 is 4.90 Å². The van der Waals surface area contributed by atoms with Crippen LogP contribution < -0.4 is 4.90 Å². The molecule has 0 spiro atoms. The van der Waals surface area contributed by atoms with Crippen LogP contribution in [-0.4, -0.2) is 35.7 Å². The van der Waals surface area contributed by atoms with Crippen LogP contribution >= 0.6 is 0 Å². The lowest BCUT2D eigenvalue weighted by Crippen LogP contribution is -2.32. The minimum atomic E-state index is -0.163. The number of imide groups is 1. The van der Waals surface area contributed by atoms with Gasteiger partial charge in [-0.15, -0.1) is 0 Å². The summed E-state index contributed by atoms with van der Waals surface area (Å²) in [4.78, 5) is 41.1. The first-order chi connectivity index (χ1) is 11.7. The molecule has 2 aliphatic heterocycles. The van der Waals surface area contributed by atoms with E-state index in [0.717, 1.165) is 51.6 Å². The van der Waals surface area contributed by atoms with Crippen LogP contribution in [0.15, 0.2) is 24.3 Å². The van der Waals surface area contributed by atoms with E-state index in [4.69, 9.17) is 0 Å². The molecule has 2 atom stereocenters. The predicted molar refractivity (Wildman–Crippen MR) is 89.5 cm³/mol. The summed E-state index contributed by atoms with van der Waals surface area (Å²) in [7, 11) is 0. The van der Waals surface area contributed by atoms with Crippen molar-refractivity contribution in [3.05, 3.63) is 29.8 Å². The molecule has 4 rings (SSSR count). The molecular weight excluding hydrogens is 304 g/mol. The van der Waals surface area contributed by atoms with E-state index >= 15 is 0 Å². The lowest BCUT2D eigenvalue weighted by molar-refractivity contribution is -0.122. The molecular formula is C19H22N2O3.